The quantitative estimate of drug-likeness (QED) is 0.125. The van der Waals surface area contributed by atoms with E-state index in [9.17, 15) is 8.42 Å². The van der Waals surface area contributed by atoms with Crippen LogP contribution in [0.15, 0.2) is 97.1 Å². The first-order valence-corrected chi connectivity index (χ1v) is 15.7. The van der Waals surface area contributed by atoms with Gasteiger partial charge < -0.3 is 14.4 Å². The summed E-state index contributed by atoms with van der Waals surface area (Å²) < 4.78 is 38.3. The number of sulfonamides is 1. The first kappa shape index (κ1) is 28.5. The van der Waals surface area contributed by atoms with E-state index in [4.69, 9.17) is 9.47 Å². The Labute approximate surface area is 239 Å². The average Bonchev–Trinajstić information content (AvgIpc) is 2.91. The molecule has 0 unspecified atom stereocenters. The Morgan fingerprint density at radius 1 is 0.795 bits per heavy atom. The summed E-state index contributed by atoms with van der Waals surface area (Å²) in [6.07, 6.45) is 2.10. The van der Waals surface area contributed by atoms with Gasteiger partial charge >= 0.3 is 0 Å². The first-order chi connectivity index (χ1) is 18.8. The molecule has 39 heavy (non-hydrogen) atoms. The zero-order chi connectivity index (χ0) is 27.7. The highest BCUT2D eigenvalue weighted by molar-refractivity contribution is 9.09. The summed E-state index contributed by atoms with van der Waals surface area (Å²) >= 11 is 3.42. The minimum atomic E-state index is -3.39. The van der Waals surface area contributed by atoms with Crippen LogP contribution < -0.4 is 19.1 Å². The molecule has 1 N–H and O–H groups in total. The third-order valence-electron chi connectivity index (χ3n) is 6.04. The Morgan fingerprint density at radius 2 is 1.46 bits per heavy atom. The molecule has 0 aliphatic rings. The lowest BCUT2D eigenvalue weighted by Crippen LogP contribution is -2.23. The van der Waals surface area contributed by atoms with Gasteiger partial charge in [0.05, 0.1) is 18.6 Å². The van der Waals surface area contributed by atoms with Gasteiger partial charge in [-0.3, -0.25) is 4.72 Å². The molecule has 0 saturated carbocycles. The van der Waals surface area contributed by atoms with Gasteiger partial charge in [-0.2, -0.15) is 0 Å². The molecule has 0 heterocycles. The molecule has 4 aromatic carbocycles. The average molecular weight is 610 g/mol. The van der Waals surface area contributed by atoms with Crippen LogP contribution in [0.25, 0.3) is 0 Å². The largest absolute Gasteiger partial charge is 0.493 e. The van der Waals surface area contributed by atoms with Crippen molar-refractivity contribution < 1.29 is 17.9 Å². The van der Waals surface area contributed by atoms with Crippen molar-refractivity contribution in [2.45, 2.75) is 26.4 Å². The molecule has 0 radical (unpaired) electrons. The minimum Gasteiger partial charge on any atom is -0.493 e. The Hall–Kier alpha value is -3.49. The van der Waals surface area contributed by atoms with Crippen LogP contribution in [0.1, 0.15) is 23.1 Å². The molecule has 8 heteroatoms. The van der Waals surface area contributed by atoms with Crippen LogP contribution in [-0.4, -0.2) is 26.6 Å². The van der Waals surface area contributed by atoms with Crippen LogP contribution in [0.3, 0.4) is 0 Å². The van der Waals surface area contributed by atoms with E-state index in [1.165, 1.54) is 6.26 Å². The van der Waals surface area contributed by atoms with Gasteiger partial charge in [0.15, 0.2) is 0 Å². The van der Waals surface area contributed by atoms with Crippen molar-refractivity contribution in [2.24, 2.45) is 0 Å². The van der Waals surface area contributed by atoms with Gasteiger partial charge in [0.1, 0.15) is 17.2 Å². The lowest BCUT2D eigenvalue weighted by Gasteiger charge is -2.28. The predicted octanol–water partition coefficient (Wildman–Crippen LogP) is 7.53. The van der Waals surface area contributed by atoms with E-state index in [2.05, 4.69) is 49.8 Å². The van der Waals surface area contributed by atoms with Crippen LogP contribution in [0.4, 0.5) is 11.4 Å². The summed E-state index contributed by atoms with van der Waals surface area (Å²) in [7, 11) is -3.39. The summed E-state index contributed by atoms with van der Waals surface area (Å²) in [5.74, 6) is 2.24. The molecule has 0 fully saturated rings. The van der Waals surface area contributed by atoms with E-state index in [-0.39, 0.29) is 0 Å². The summed E-state index contributed by atoms with van der Waals surface area (Å²) in [5.41, 5.74) is 4.68. The number of benzene rings is 4. The zero-order valence-electron chi connectivity index (χ0n) is 22.1. The van der Waals surface area contributed by atoms with Crippen LogP contribution >= 0.6 is 15.9 Å². The lowest BCUT2D eigenvalue weighted by atomic mass is 10.1. The smallest absolute Gasteiger partial charge is 0.229 e. The molecular weight excluding hydrogens is 576 g/mol. The van der Waals surface area contributed by atoms with Crippen molar-refractivity contribution in [3.05, 3.63) is 114 Å². The third kappa shape index (κ3) is 8.76. The van der Waals surface area contributed by atoms with E-state index >= 15 is 0 Å². The number of halogens is 1. The Balaban J connectivity index is 1.53. The Bertz CT molecular complexity index is 1460. The summed E-state index contributed by atoms with van der Waals surface area (Å²) in [6.45, 7) is 3.89. The van der Waals surface area contributed by atoms with Crippen molar-refractivity contribution in [3.8, 4) is 17.2 Å². The van der Waals surface area contributed by atoms with Gasteiger partial charge in [0, 0.05) is 30.2 Å². The molecule has 0 aromatic heterocycles. The summed E-state index contributed by atoms with van der Waals surface area (Å²) in [5, 5.41) is 0.904. The van der Waals surface area contributed by atoms with E-state index in [1.807, 2.05) is 73.7 Å². The lowest BCUT2D eigenvalue weighted by molar-refractivity contribution is 0.317. The number of nitrogens with one attached hydrogen (secondary N) is 1. The summed E-state index contributed by atoms with van der Waals surface area (Å²) in [6, 6.07) is 31.6. The zero-order valence-corrected chi connectivity index (χ0v) is 24.5. The molecule has 6 nitrogen and oxygen atoms in total. The second kappa shape index (κ2) is 13.5. The highest BCUT2D eigenvalue weighted by Gasteiger charge is 2.15. The number of rotatable bonds is 13. The Morgan fingerprint density at radius 3 is 2.15 bits per heavy atom. The minimum absolute atomic E-state index is 0.579. The van der Waals surface area contributed by atoms with Crippen molar-refractivity contribution in [2.75, 3.05) is 27.8 Å². The molecular formula is C31H33BrN2O4S. The fourth-order valence-corrected chi connectivity index (χ4v) is 5.05. The predicted molar refractivity (Wildman–Crippen MR) is 163 cm³/mol. The molecule has 4 aromatic rings. The van der Waals surface area contributed by atoms with Crippen LogP contribution in [0.2, 0.25) is 0 Å². The second-order valence-electron chi connectivity index (χ2n) is 9.28. The number of anilines is 2. The monoisotopic (exact) mass is 608 g/mol. The fraction of sp³-hybridized carbons (Fsp3) is 0.226. The summed E-state index contributed by atoms with van der Waals surface area (Å²) in [4.78, 5) is 2.25. The number of hydrogen-bond acceptors (Lipinski definition) is 5. The van der Waals surface area contributed by atoms with Gasteiger partial charge in [0.25, 0.3) is 0 Å². The maximum Gasteiger partial charge on any atom is 0.229 e. The molecule has 0 aliphatic carbocycles. The molecule has 0 spiro atoms. The highest BCUT2D eigenvalue weighted by Crippen LogP contribution is 2.31. The molecule has 204 valence electrons. The topological polar surface area (TPSA) is 67.9 Å². The third-order valence-corrected chi connectivity index (χ3v) is 7.19. The molecule has 0 atom stereocenters. The van der Waals surface area contributed by atoms with E-state index in [0.29, 0.717) is 25.4 Å². The van der Waals surface area contributed by atoms with Crippen molar-refractivity contribution in [1.82, 2.24) is 0 Å². The van der Waals surface area contributed by atoms with Crippen LogP contribution in [-0.2, 0) is 23.1 Å². The fourth-order valence-electron chi connectivity index (χ4n) is 4.20. The van der Waals surface area contributed by atoms with Crippen molar-refractivity contribution in [3.63, 3.8) is 0 Å². The van der Waals surface area contributed by atoms with Gasteiger partial charge in [0.2, 0.25) is 10.0 Å². The van der Waals surface area contributed by atoms with Crippen LogP contribution in [0, 0.1) is 6.92 Å². The van der Waals surface area contributed by atoms with Gasteiger partial charge in [-0.15, -0.1) is 0 Å². The number of nitrogens with zero attached hydrogens (tertiary/aromatic N) is 1. The van der Waals surface area contributed by atoms with Crippen molar-refractivity contribution in [1.29, 1.82) is 0 Å². The Kier molecular flexibility index (Phi) is 9.90. The number of ether oxygens (including phenoxy) is 2. The normalized spacial score (nSPS) is 11.2. The highest BCUT2D eigenvalue weighted by atomic mass is 79.9. The van der Waals surface area contributed by atoms with Crippen molar-refractivity contribution >= 4 is 37.3 Å². The SMILES string of the molecule is Cc1c(NS(C)(=O)=O)cccc1N(Cc1ccccc1)Cc1ccc(Oc2cccc(OCCCBr)c2)cc1. The maximum absolute atomic E-state index is 11.9. The molecule has 4 rings (SSSR count). The number of hydrogen-bond donors (Lipinski definition) is 1. The van der Waals surface area contributed by atoms with Gasteiger partial charge in [-0.25, -0.2) is 8.42 Å². The number of alkyl halides is 1. The molecule has 0 saturated heterocycles. The van der Waals surface area contributed by atoms with Gasteiger partial charge in [-0.05, 0) is 66.4 Å². The maximum atomic E-state index is 11.9. The molecule has 0 aliphatic heterocycles. The molecule has 0 amide bonds. The first-order valence-electron chi connectivity index (χ1n) is 12.7. The van der Waals surface area contributed by atoms with E-state index in [1.54, 1.807) is 6.07 Å². The van der Waals surface area contributed by atoms with Crippen LogP contribution in [0.5, 0.6) is 17.2 Å². The second-order valence-corrected chi connectivity index (χ2v) is 11.8. The van der Waals surface area contributed by atoms with E-state index < -0.39 is 10.0 Å². The van der Waals surface area contributed by atoms with Gasteiger partial charge in [-0.1, -0.05) is 70.5 Å². The standard InChI is InChI=1S/C31H33BrN2O4S/c1-24-30(33-39(2,35)36)13-7-14-31(24)34(22-25-9-4-3-5-10-25)23-26-15-17-27(18-16-26)38-29-12-6-11-28(21-29)37-20-8-19-32/h3-7,9-18,21,33H,8,19-20,22-23H2,1-2H3. The van der Waals surface area contributed by atoms with E-state index in [0.717, 1.165) is 51.4 Å². The molecule has 0 bridgehead atoms.